The first-order valence-corrected chi connectivity index (χ1v) is 8.40. The highest BCUT2D eigenvalue weighted by molar-refractivity contribution is 6.37. The number of carboxylic acid groups (broad SMARTS) is 1. The number of fused-ring (bicyclic) bond motifs is 2. The summed E-state index contributed by atoms with van der Waals surface area (Å²) in [4.78, 5) is 25.9. The number of hydrogen-bond acceptors (Lipinski definition) is 2. The molecule has 4 nitrogen and oxygen atoms in total. The monoisotopic (exact) mass is 333 g/mol. The molecule has 0 spiro atoms. The summed E-state index contributed by atoms with van der Waals surface area (Å²) in [7, 11) is 1.79. The van der Waals surface area contributed by atoms with Crippen LogP contribution in [0.3, 0.4) is 0 Å². The highest BCUT2D eigenvalue weighted by atomic mass is 16.4. The number of anilines is 1. The van der Waals surface area contributed by atoms with E-state index in [1.807, 2.05) is 43.3 Å². The number of likely N-dealkylation sites (N-methyl/N-ethyl adjacent to an activating group) is 1. The Bertz CT molecular complexity index is 942. The van der Waals surface area contributed by atoms with Crippen molar-refractivity contribution in [2.24, 2.45) is 0 Å². The maximum absolute atomic E-state index is 12.9. The van der Waals surface area contributed by atoms with Crippen molar-refractivity contribution in [3.63, 3.8) is 0 Å². The number of carboxylic acids is 1. The lowest BCUT2D eigenvalue weighted by molar-refractivity contribution is -0.137. The number of allylic oxidation sites excluding steroid dienone is 1. The predicted molar refractivity (Wildman–Crippen MR) is 97.5 cm³/mol. The van der Waals surface area contributed by atoms with Crippen molar-refractivity contribution in [1.29, 1.82) is 0 Å². The van der Waals surface area contributed by atoms with Gasteiger partial charge in [0.2, 0.25) is 0 Å². The van der Waals surface area contributed by atoms with Gasteiger partial charge >= 0.3 is 5.97 Å². The normalized spacial score (nSPS) is 21.4. The highest BCUT2D eigenvalue weighted by Crippen LogP contribution is 2.49. The number of carbonyl (C=O) groups excluding carboxylic acids is 1. The molecule has 2 aromatic rings. The molecule has 0 fully saturated rings. The lowest BCUT2D eigenvalue weighted by Crippen LogP contribution is -2.20. The van der Waals surface area contributed by atoms with Gasteiger partial charge in [-0.15, -0.1) is 0 Å². The summed E-state index contributed by atoms with van der Waals surface area (Å²) >= 11 is 0. The molecule has 2 aromatic carbocycles. The van der Waals surface area contributed by atoms with Crippen molar-refractivity contribution in [2.75, 3.05) is 11.9 Å². The summed E-state index contributed by atoms with van der Waals surface area (Å²) in [5.41, 5.74) is 6.71. The molecule has 126 valence electrons. The average Bonchev–Trinajstić information content (AvgIpc) is 3.03. The molecule has 0 aromatic heterocycles. The molecule has 0 bridgehead atoms. The third-order valence-electron chi connectivity index (χ3n) is 5.20. The van der Waals surface area contributed by atoms with Gasteiger partial charge in [-0.3, -0.25) is 9.59 Å². The van der Waals surface area contributed by atoms with Crippen LogP contribution in [0.1, 0.15) is 41.0 Å². The van der Waals surface area contributed by atoms with E-state index in [9.17, 15) is 14.7 Å². The molecule has 25 heavy (non-hydrogen) atoms. The molecule has 1 unspecified atom stereocenters. The maximum Gasteiger partial charge on any atom is 0.303 e. The third kappa shape index (κ3) is 2.37. The summed E-state index contributed by atoms with van der Waals surface area (Å²) in [6, 6.07) is 13.9. The van der Waals surface area contributed by atoms with E-state index in [4.69, 9.17) is 0 Å². The molecule has 1 heterocycles. The molecule has 1 amide bonds. The molecular weight excluding hydrogens is 314 g/mol. The van der Waals surface area contributed by atoms with Gasteiger partial charge in [-0.25, -0.2) is 0 Å². The molecule has 1 aliphatic heterocycles. The van der Waals surface area contributed by atoms with Gasteiger partial charge < -0.3 is 10.0 Å². The second-order valence-electron chi connectivity index (χ2n) is 6.82. The van der Waals surface area contributed by atoms with Crippen molar-refractivity contribution in [3.8, 4) is 0 Å². The maximum atomic E-state index is 12.9. The molecule has 1 atom stereocenters. The minimum atomic E-state index is -0.807. The number of aliphatic carboxylic acids is 1. The fourth-order valence-electron chi connectivity index (χ4n) is 4.05. The van der Waals surface area contributed by atoms with Crippen molar-refractivity contribution in [3.05, 3.63) is 64.7 Å². The number of rotatable bonds is 2. The van der Waals surface area contributed by atoms with E-state index in [-0.39, 0.29) is 18.2 Å². The average molecular weight is 333 g/mol. The van der Waals surface area contributed by atoms with Crippen LogP contribution in [0.25, 0.3) is 11.1 Å². The summed E-state index contributed by atoms with van der Waals surface area (Å²) in [5.74, 6) is -0.904. The van der Waals surface area contributed by atoms with Crippen LogP contribution in [-0.4, -0.2) is 24.0 Å². The third-order valence-corrected chi connectivity index (χ3v) is 5.20. The fraction of sp³-hybridized carbons (Fsp3) is 0.238. The van der Waals surface area contributed by atoms with Crippen molar-refractivity contribution >= 4 is 28.7 Å². The highest BCUT2D eigenvalue weighted by Gasteiger charge is 2.37. The Kier molecular flexibility index (Phi) is 3.49. The van der Waals surface area contributed by atoms with Crippen LogP contribution in [0.5, 0.6) is 0 Å². The molecule has 1 N–H and O–H groups in total. The van der Waals surface area contributed by atoms with Gasteiger partial charge in [0, 0.05) is 12.6 Å². The largest absolute Gasteiger partial charge is 0.481 e. The smallest absolute Gasteiger partial charge is 0.303 e. The molecule has 4 rings (SSSR count). The standard InChI is InChI=1S/C21H19NO3/c1-12-7-8-14-16(9-12)13(11-19(23)24)10-17(14)20-15-5-3-4-6-18(15)22(2)21(20)25/h3-9,13H,10-11H2,1-2H3,(H,23,24)/b20-17-. The predicted octanol–water partition coefficient (Wildman–Crippen LogP) is 3.84. The zero-order valence-electron chi connectivity index (χ0n) is 14.2. The number of hydrogen-bond donors (Lipinski definition) is 1. The van der Waals surface area contributed by atoms with Crippen LogP contribution in [0, 0.1) is 6.92 Å². The first kappa shape index (κ1) is 15.6. The van der Waals surface area contributed by atoms with Crippen LogP contribution >= 0.6 is 0 Å². The molecular formula is C21H19NO3. The number of aryl methyl sites for hydroxylation is 1. The van der Waals surface area contributed by atoms with E-state index >= 15 is 0 Å². The Hall–Kier alpha value is -2.88. The molecule has 1 aliphatic carbocycles. The number of carbonyl (C=O) groups is 2. The van der Waals surface area contributed by atoms with Gasteiger partial charge in [0.1, 0.15) is 0 Å². The van der Waals surface area contributed by atoms with E-state index in [2.05, 4.69) is 6.07 Å². The second-order valence-corrected chi connectivity index (χ2v) is 6.82. The lowest BCUT2D eigenvalue weighted by atomic mass is 9.96. The Morgan fingerprint density at radius 2 is 1.96 bits per heavy atom. The Balaban J connectivity index is 1.94. The number of benzene rings is 2. The summed E-state index contributed by atoms with van der Waals surface area (Å²) < 4.78 is 0. The number of nitrogens with zero attached hydrogens (tertiary/aromatic N) is 1. The quantitative estimate of drug-likeness (QED) is 0.850. The van der Waals surface area contributed by atoms with Gasteiger partial charge in [-0.05, 0) is 42.0 Å². The van der Waals surface area contributed by atoms with Crippen LogP contribution in [0.4, 0.5) is 5.69 Å². The molecule has 0 saturated heterocycles. The van der Waals surface area contributed by atoms with Crippen LogP contribution in [0.15, 0.2) is 42.5 Å². The van der Waals surface area contributed by atoms with Crippen LogP contribution < -0.4 is 4.90 Å². The van der Waals surface area contributed by atoms with Crippen LogP contribution in [0.2, 0.25) is 0 Å². The van der Waals surface area contributed by atoms with Gasteiger partial charge in [0.05, 0.1) is 17.7 Å². The molecule has 2 aliphatic rings. The van der Waals surface area contributed by atoms with Gasteiger partial charge in [0.25, 0.3) is 5.91 Å². The first-order valence-electron chi connectivity index (χ1n) is 8.40. The SMILES string of the molecule is Cc1ccc2c(c1)C(CC(=O)O)C/C2=C1/C(=O)N(C)c2ccccc21. The summed E-state index contributed by atoms with van der Waals surface area (Å²) in [6.45, 7) is 2.01. The summed E-state index contributed by atoms with van der Waals surface area (Å²) in [5, 5.41) is 9.28. The fourth-order valence-corrected chi connectivity index (χ4v) is 4.05. The first-order chi connectivity index (χ1) is 12.0. The topological polar surface area (TPSA) is 57.6 Å². The van der Waals surface area contributed by atoms with Gasteiger partial charge in [0.15, 0.2) is 0 Å². The zero-order chi connectivity index (χ0) is 17.7. The number of para-hydroxylation sites is 1. The van der Waals surface area contributed by atoms with E-state index in [1.165, 1.54) is 0 Å². The van der Waals surface area contributed by atoms with Gasteiger partial charge in [-0.1, -0.05) is 42.0 Å². The minimum absolute atomic E-state index is 0.0151. The van der Waals surface area contributed by atoms with Crippen molar-refractivity contribution < 1.29 is 14.7 Å². The Labute approximate surface area is 146 Å². The lowest BCUT2D eigenvalue weighted by Gasteiger charge is -2.09. The number of amides is 1. The zero-order valence-corrected chi connectivity index (χ0v) is 14.2. The van der Waals surface area contributed by atoms with Crippen molar-refractivity contribution in [2.45, 2.75) is 25.7 Å². The van der Waals surface area contributed by atoms with E-state index < -0.39 is 5.97 Å². The Morgan fingerprint density at radius 3 is 2.72 bits per heavy atom. The Morgan fingerprint density at radius 1 is 1.20 bits per heavy atom. The van der Waals surface area contributed by atoms with Crippen molar-refractivity contribution in [1.82, 2.24) is 0 Å². The summed E-state index contributed by atoms with van der Waals surface area (Å²) in [6.07, 6.45) is 0.674. The van der Waals surface area contributed by atoms with Gasteiger partial charge in [-0.2, -0.15) is 0 Å². The molecule has 4 heteroatoms. The minimum Gasteiger partial charge on any atom is -0.481 e. The molecule has 0 radical (unpaired) electrons. The van der Waals surface area contributed by atoms with E-state index in [1.54, 1.807) is 11.9 Å². The van der Waals surface area contributed by atoms with Crippen LogP contribution in [-0.2, 0) is 9.59 Å². The van der Waals surface area contributed by atoms with E-state index in [0.717, 1.165) is 39.1 Å². The van der Waals surface area contributed by atoms with E-state index in [0.29, 0.717) is 6.42 Å². The molecule has 0 saturated carbocycles. The second kappa shape index (κ2) is 5.59.